The third-order valence-corrected chi connectivity index (χ3v) is 2.34. The first-order chi connectivity index (χ1) is 9.22. The molecule has 0 radical (unpaired) electrons. The third-order valence-electron chi connectivity index (χ3n) is 2.34. The second kappa shape index (κ2) is 6.02. The highest BCUT2D eigenvalue weighted by Gasteiger charge is 2.09. The topological polar surface area (TPSA) is 140 Å². The zero-order valence-electron chi connectivity index (χ0n) is 10.4. The zero-order valence-corrected chi connectivity index (χ0v) is 10.4. The maximum atomic E-state index is 9.50. The van der Waals surface area contributed by atoms with Crippen LogP contribution in [0.1, 0.15) is 13.3 Å². The van der Waals surface area contributed by atoms with E-state index in [1.54, 1.807) is 0 Å². The molecule has 0 aromatic carbocycles. The van der Waals surface area contributed by atoms with Gasteiger partial charge in [0.05, 0.1) is 6.10 Å². The molecule has 2 heterocycles. The van der Waals surface area contributed by atoms with Crippen molar-refractivity contribution in [2.24, 2.45) is 5.84 Å². The second-order valence-corrected chi connectivity index (χ2v) is 3.71. The number of hydrogen-bond acceptors (Lipinski definition) is 9. The molecule has 0 amide bonds. The number of aliphatic hydroxyl groups excluding tert-OH is 1. The standard InChI is InChI=1S/C9H15N9O/c1-2-6(19)3-12-7-14-8(17-10)16-9(15-7)18-5-11-4-13-18/h4-6,19H,2-3,10H2,1H3,(H2,12,14,15,16,17). The van der Waals surface area contributed by atoms with Crippen molar-refractivity contribution in [1.29, 1.82) is 0 Å². The normalized spacial score (nSPS) is 12.2. The molecule has 0 spiro atoms. The predicted molar refractivity (Wildman–Crippen MR) is 67.3 cm³/mol. The Hall–Kier alpha value is -2.33. The van der Waals surface area contributed by atoms with Gasteiger partial charge in [0.15, 0.2) is 0 Å². The Kier molecular flexibility index (Phi) is 4.15. The molecule has 102 valence electrons. The van der Waals surface area contributed by atoms with E-state index in [2.05, 4.69) is 35.8 Å². The van der Waals surface area contributed by atoms with Gasteiger partial charge in [-0.05, 0) is 6.42 Å². The van der Waals surface area contributed by atoms with Crippen LogP contribution in [0, 0.1) is 0 Å². The first-order valence-corrected chi connectivity index (χ1v) is 5.72. The number of rotatable bonds is 6. The van der Waals surface area contributed by atoms with Crippen LogP contribution in [0.4, 0.5) is 11.9 Å². The summed E-state index contributed by atoms with van der Waals surface area (Å²) >= 11 is 0. The lowest BCUT2D eigenvalue weighted by Gasteiger charge is -2.10. The molecule has 0 aliphatic rings. The molecule has 19 heavy (non-hydrogen) atoms. The monoisotopic (exact) mass is 265 g/mol. The van der Waals surface area contributed by atoms with Crippen LogP contribution in [-0.2, 0) is 0 Å². The van der Waals surface area contributed by atoms with Crippen LogP contribution in [0.5, 0.6) is 0 Å². The number of aliphatic hydroxyl groups is 1. The maximum absolute atomic E-state index is 9.50. The number of hydrazine groups is 1. The van der Waals surface area contributed by atoms with Gasteiger partial charge >= 0.3 is 0 Å². The molecular weight excluding hydrogens is 250 g/mol. The SMILES string of the molecule is CCC(O)CNc1nc(NN)nc(-n2cncn2)n1. The molecule has 10 heteroatoms. The molecule has 2 aromatic heterocycles. The van der Waals surface area contributed by atoms with Gasteiger partial charge in [0.25, 0.3) is 5.95 Å². The molecule has 5 N–H and O–H groups in total. The fourth-order valence-corrected chi connectivity index (χ4v) is 1.28. The minimum atomic E-state index is -0.471. The molecule has 0 saturated carbocycles. The Balaban J connectivity index is 2.21. The van der Waals surface area contributed by atoms with Gasteiger partial charge in [-0.2, -0.15) is 24.7 Å². The molecule has 0 aliphatic carbocycles. The number of anilines is 2. The molecule has 0 aliphatic heterocycles. The number of nitrogen functional groups attached to an aromatic ring is 1. The van der Waals surface area contributed by atoms with E-state index < -0.39 is 6.10 Å². The highest BCUT2D eigenvalue weighted by Crippen LogP contribution is 2.07. The summed E-state index contributed by atoms with van der Waals surface area (Å²) in [4.78, 5) is 16.0. The van der Waals surface area contributed by atoms with E-state index in [0.717, 1.165) is 0 Å². The van der Waals surface area contributed by atoms with Crippen molar-refractivity contribution in [2.75, 3.05) is 17.3 Å². The van der Waals surface area contributed by atoms with Gasteiger partial charge in [0.1, 0.15) is 12.7 Å². The van der Waals surface area contributed by atoms with E-state index in [4.69, 9.17) is 5.84 Å². The van der Waals surface area contributed by atoms with Gasteiger partial charge in [0.2, 0.25) is 11.9 Å². The van der Waals surface area contributed by atoms with Gasteiger partial charge in [-0.3, -0.25) is 5.43 Å². The van der Waals surface area contributed by atoms with Crippen LogP contribution < -0.4 is 16.6 Å². The van der Waals surface area contributed by atoms with Crippen LogP contribution in [0.25, 0.3) is 5.95 Å². The van der Waals surface area contributed by atoms with Crippen molar-refractivity contribution >= 4 is 11.9 Å². The lowest BCUT2D eigenvalue weighted by molar-refractivity contribution is 0.183. The molecule has 0 saturated heterocycles. The summed E-state index contributed by atoms with van der Waals surface area (Å²) in [5.74, 6) is 6.05. The van der Waals surface area contributed by atoms with Crippen molar-refractivity contribution in [3.8, 4) is 5.95 Å². The van der Waals surface area contributed by atoms with Gasteiger partial charge < -0.3 is 10.4 Å². The van der Waals surface area contributed by atoms with Crippen LogP contribution in [0.2, 0.25) is 0 Å². The number of aromatic nitrogens is 6. The fourth-order valence-electron chi connectivity index (χ4n) is 1.28. The molecule has 10 nitrogen and oxygen atoms in total. The van der Waals surface area contributed by atoms with Crippen LogP contribution in [0.15, 0.2) is 12.7 Å². The molecule has 2 aromatic rings. The molecule has 1 unspecified atom stereocenters. The lowest BCUT2D eigenvalue weighted by Crippen LogP contribution is -2.21. The summed E-state index contributed by atoms with van der Waals surface area (Å²) in [6, 6.07) is 0. The Bertz CT molecular complexity index is 514. The number of nitrogens with zero attached hydrogens (tertiary/aromatic N) is 6. The Morgan fingerprint density at radius 2 is 2.16 bits per heavy atom. The third kappa shape index (κ3) is 3.33. The van der Waals surface area contributed by atoms with E-state index in [0.29, 0.717) is 18.9 Å². The van der Waals surface area contributed by atoms with E-state index in [1.165, 1.54) is 17.3 Å². The van der Waals surface area contributed by atoms with Crippen LogP contribution in [0.3, 0.4) is 0 Å². The van der Waals surface area contributed by atoms with Crippen molar-refractivity contribution in [2.45, 2.75) is 19.4 Å². The average molecular weight is 265 g/mol. The largest absolute Gasteiger partial charge is 0.391 e. The lowest BCUT2D eigenvalue weighted by atomic mass is 10.3. The molecule has 1 atom stereocenters. The highest BCUT2D eigenvalue weighted by molar-refractivity contribution is 5.36. The summed E-state index contributed by atoms with van der Waals surface area (Å²) < 4.78 is 1.38. The summed E-state index contributed by atoms with van der Waals surface area (Å²) in [6.07, 6.45) is 2.99. The van der Waals surface area contributed by atoms with E-state index in [1.807, 2.05) is 6.92 Å². The maximum Gasteiger partial charge on any atom is 0.258 e. The highest BCUT2D eigenvalue weighted by atomic mass is 16.3. The molecule has 2 rings (SSSR count). The minimum Gasteiger partial charge on any atom is -0.391 e. The molecule has 0 fully saturated rings. The Morgan fingerprint density at radius 1 is 1.37 bits per heavy atom. The summed E-state index contributed by atoms with van der Waals surface area (Å²) in [5, 5.41) is 16.3. The number of nitrogens with two attached hydrogens (primary N) is 1. The Morgan fingerprint density at radius 3 is 2.79 bits per heavy atom. The number of hydrogen-bond donors (Lipinski definition) is 4. The predicted octanol–water partition coefficient (Wildman–Crippen LogP) is -1.08. The zero-order chi connectivity index (χ0) is 13.7. The van der Waals surface area contributed by atoms with Crippen molar-refractivity contribution in [1.82, 2.24) is 29.7 Å². The minimum absolute atomic E-state index is 0.189. The van der Waals surface area contributed by atoms with E-state index in [9.17, 15) is 5.11 Å². The molecule has 0 bridgehead atoms. The second-order valence-electron chi connectivity index (χ2n) is 3.71. The van der Waals surface area contributed by atoms with Crippen molar-refractivity contribution in [3.63, 3.8) is 0 Å². The molecular formula is C9H15N9O. The van der Waals surface area contributed by atoms with Crippen LogP contribution >= 0.6 is 0 Å². The fraction of sp³-hybridized carbons (Fsp3) is 0.444. The van der Waals surface area contributed by atoms with Crippen molar-refractivity contribution in [3.05, 3.63) is 12.7 Å². The first-order valence-electron chi connectivity index (χ1n) is 5.72. The summed E-state index contributed by atoms with van der Waals surface area (Å²) in [6.45, 7) is 2.22. The Labute approximate surface area is 109 Å². The number of nitrogens with one attached hydrogen (secondary N) is 2. The average Bonchev–Trinajstić information content (AvgIpc) is 2.98. The smallest absolute Gasteiger partial charge is 0.258 e. The quantitative estimate of drug-likeness (QED) is 0.379. The summed E-state index contributed by atoms with van der Waals surface area (Å²) in [7, 11) is 0. The van der Waals surface area contributed by atoms with Crippen LogP contribution in [-0.4, -0.2) is 47.5 Å². The van der Waals surface area contributed by atoms with Gasteiger partial charge in [0, 0.05) is 6.54 Å². The van der Waals surface area contributed by atoms with Gasteiger partial charge in [-0.1, -0.05) is 6.92 Å². The van der Waals surface area contributed by atoms with Gasteiger partial charge in [-0.15, -0.1) is 0 Å². The summed E-state index contributed by atoms with van der Waals surface area (Å²) in [5.41, 5.74) is 2.35. The van der Waals surface area contributed by atoms with E-state index >= 15 is 0 Å². The van der Waals surface area contributed by atoms with E-state index in [-0.39, 0.29) is 11.9 Å². The van der Waals surface area contributed by atoms with Crippen molar-refractivity contribution < 1.29 is 5.11 Å². The first kappa shape index (κ1) is 13.1. The van der Waals surface area contributed by atoms with Gasteiger partial charge in [-0.25, -0.2) is 10.8 Å².